The van der Waals surface area contributed by atoms with Crippen LogP contribution in [-0.4, -0.2) is 42.4 Å². The topological polar surface area (TPSA) is 46.6 Å². The highest BCUT2D eigenvalue weighted by molar-refractivity contribution is 5.89. The third kappa shape index (κ3) is 3.37. The number of carbonyl (C=O) groups is 2. The summed E-state index contributed by atoms with van der Waals surface area (Å²) in [5.41, 5.74) is -0.471. The fourth-order valence-corrected chi connectivity index (χ4v) is 3.78. The summed E-state index contributed by atoms with van der Waals surface area (Å²) >= 11 is 0. The van der Waals surface area contributed by atoms with Gasteiger partial charge >= 0.3 is 6.18 Å². The summed E-state index contributed by atoms with van der Waals surface area (Å²) < 4.78 is 45.1. The van der Waals surface area contributed by atoms with Crippen LogP contribution in [0.25, 0.3) is 0 Å². The number of halogens is 3. The van der Waals surface area contributed by atoms with Gasteiger partial charge in [0.05, 0.1) is 18.7 Å². The normalized spacial score (nSPS) is 28.7. The van der Waals surface area contributed by atoms with Gasteiger partial charge in [-0.05, 0) is 36.8 Å². The van der Waals surface area contributed by atoms with Gasteiger partial charge in [0.25, 0.3) is 0 Å². The average molecular weight is 367 g/mol. The average Bonchev–Trinajstić information content (AvgIpc) is 3.53. The minimum atomic E-state index is -4.42. The van der Waals surface area contributed by atoms with E-state index in [0.29, 0.717) is 19.6 Å². The Morgan fingerprint density at radius 3 is 2.58 bits per heavy atom. The summed E-state index contributed by atoms with van der Waals surface area (Å²) in [6.07, 6.45) is -2.82. The van der Waals surface area contributed by atoms with E-state index < -0.39 is 29.7 Å². The van der Waals surface area contributed by atoms with Crippen LogP contribution >= 0.6 is 0 Å². The number of benzene rings is 1. The van der Waals surface area contributed by atoms with Gasteiger partial charge in [0.1, 0.15) is 6.10 Å². The number of morpholine rings is 1. The number of alkyl halides is 3. The van der Waals surface area contributed by atoms with E-state index in [2.05, 4.69) is 0 Å². The van der Waals surface area contributed by atoms with E-state index in [1.54, 1.807) is 11.0 Å². The van der Waals surface area contributed by atoms with Crippen LogP contribution in [0.1, 0.15) is 36.3 Å². The van der Waals surface area contributed by atoms with E-state index >= 15 is 0 Å². The van der Waals surface area contributed by atoms with Crippen LogP contribution in [0.5, 0.6) is 0 Å². The van der Waals surface area contributed by atoms with E-state index in [1.807, 2.05) is 0 Å². The van der Waals surface area contributed by atoms with Crippen molar-refractivity contribution in [3.05, 3.63) is 35.4 Å². The molecule has 4 nitrogen and oxygen atoms in total. The molecule has 0 N–H and O–H groups in total. The lowest BCUT2D eigenvalue weighted by Gasteiger charge is -2.32. The first-order valence-corrected chi connectivity index (χ1v) is 8.96. The molecule has 1 amide bonds. The first-order valence-electron chi connectivity index (χ1n) is 8.96. The molecule has 4 rings (SSSR count). The zero-order valence-corrected chi connectivity index (χ0v) is 14.2. The van der Waals surface area contributed by atoms with Gasteiger partial charge in [-0.1, -0.05) is 18.2 Å². The highest BCUT2D eigenvalue weighted by atomic mass is 19.4. The largest absolute Gasteiger partial charge is 0.416 e. The van der Waals surface area contributed by atoms with Gasteiger partial charge < -0.3 is 9.64 Å². The maximum absolute atomic E-state index is 13.2. The number of nitrogens with zero attached hydrogens (tertiary/aromatic N) is 1. The van der Waals surface area contributed by atoms with E-state index in [9.17, 15) is 22.8 Å². The van der Waals surface area contributed by atoms with Gasteiger partial charge in [0, 0.05) is 18.4 Å². The molecule has 3 atom stereocenters. The predicted octanol–water partition coefficient (Wildman–Crippen LogP) is 3.02. The van der Waals surface area contributed by atoms with Crippen molar-refractivity contribution < 1.29 is 27.5 Å². The summed E-state index contributed by atoms with van der Waals surface area (Å²) in [5, 5.41) is 0. The Kier molecular flexibility index (Phi) is 4.29. The van der Waals surface area contributed by atoms with Gasteiger partial charge in [-0.15, -0.1) is 0 Å². The molecule has 1 heterocycles. The van der Waals surface area contributed by atoms with Gasteiger partial charge in [0.15, 0.2) is 5.78 Å². The van der Waals surface area contributed by atoms with Crippen LogP contribution in [0.15, 0.2) is 24.3 Å². The number of Topliss-reactive ketones (excluding diaryl/α,β-unsaturated/α-hetero) is 1. The second-order valence-corrected chi connectivity index (χ2v) is 7.35. The fourth-order valence-electron chi connectivity index (χ4n) is 3.78. The number of hydrogen-bond donors (Lipinski definition) is 0. The van der Waals surface area contributed by atoms with Gasteiger partial charge in [0.2, 0.25) is 5.91 Å². The number of ketones is 1. The summed E-state index contributed by atoms with van der Waals surface area (Å²) in [6.45, 7) is 0.904. The predicted molar refractivity (Wildman–Crippen MR) is 86.3 cm³/mol. The molecule has 3 unspecified atom stereocenters. The quantitative estimate of drug-likeness (QED) is 0.822. The van der Waals surface area contributed by atoms with Crippen molar-refractivity contribution in [3.63, 3.8) is 0 Å². The van der Waals surface area contributed by atoms with Crippen molar-refractivity contribution in [2.75, 3.05) is 19.7 Å². The van der Waals surface area contributed by atoms with Gasteiger partial charge in [-0.3, -0.25) is 9.59 Å². The zero-order chi connectivity index (χ0) is 18.5. The second kappa shape index (κ2) is 6.37. The summed E-state index contributed by atoms with van der Waals surface area (Å²) in [4.78, 5) is 26.5. The standard InChI is InChI=1S/C19H20F3NO3/c20-19(21,22)15-4-2-1-3-12(15)13-9-14(13)18(25)23-7-8-26-16(10-23)17(24)11-5-6-11/h1-4,11,13-14,16H,5-10H2. The Labute approximate surface area is 149 Å². The van der Waals surface area contributed by atoms with Crippen molar-refractivity contribution in [2.24, 2.45) is 11.8 Å². The minimum Gasteiger partial charge on any atom is -0.367 e. The molecule has 0 aromatic heterocycles. The SMILES string of the molecule is O=C(C1CC1)C1CN(C(=O)C2CC2c2ccccc2C(F)(F)F)CCO1. The van der Waals surface area contributed by atoms with Crippen LogP contribution in [-0.2, 0) is 20.5 Å². The molecular formula is C19H20F3NO3. The van der Waals surface area contributed by atoms with Crippen LogP contribution in [0.3, 0.4) is 0 Å². The van der Waals surface area contributed by atoms with E-state index in [4.69, 9.17) is 4.74 Å². The third-order valence-corrected chi connectivity index (χ3v) is 5.45. The first-order chi connectivity index (χ1) is 12.4. The first kappa shape index (κ1) is 17.5. The molecule has 3 aliphatic rings. The Hall–Kier alpha value is -1.89. The van der Waals surface area contributed by atoms with Gasteiger partial charge in [-0.2, -0.15) is 13.2 Å². The van der Waals surface area contributed by atoms with Crippen molar-refractivity contribution >= 4 is 11.7 Å². The Balaban J connectivity index is 1.44. The van der Waals surface area contributed by atoms with Crippen LogP contribution in [0.4, 0.5) is 13.2 Å². The van der Waals surface area contributed by atoms with Crippen LogP contribution in [0, 0.1) is 11.8 Å². The monoisotopic (exact) mass is 367 g/mol. The minimum absolute atomic E-state index is 0.0530. The van der Waals surface area contributed by atoms with E-state index in [1.165, 1.54) is 12.1 Å². The molecule has 2 saturated carbocycles. The molecule has 1 aliphatic heterocycles. The van der Waals surface area contributed by atoms with Gasteiger partial charge in [-0.25, -0.2) is 0 Å². The van der Waals surface area contributed by atoms with Crippen molar-refractivity contribution in [3.8, 4) is 0 Å². The molecule has 26 heavy (non-hydrogen) atoms. The Morgan fingerprint density at radius 1 is 1.15 bits per heavy atom. The fraction of sp³-hybridized carbons (Fsp3) is 0.579. The summed E-state index contributed by atoms with van der Waals surface area (Å²) in [7, 11) is 0. The highest BCUT2D eigenvalue weighted by Crippen LogP contribution is 2.51. The number of rotatable bonds is 4. The van der Waals surface area contributed by atoms with E-state index in [-0.39, 0.29) is 29.7 Å². The second-order valence-electron chi connectivity index (χ2n) is 7.35. The summed E-state index contributed by atoms with van der Waals surface area (Å²) in [6, 6.07) is 5.46. The molecule has 140 valence electrons. The lowest BCUT2D eigenvalue weighted by molar-refractivity contribution is -0.147. The molecule has 1 saturated heterocycles. The molecule has 0 radical (unpaired) electrons. The molecule has 2 aliphatic carbocycles. The molecule has 1 aromatic rings. The van der Waals surface area contributed by atoms with Crippen LogP contribution in [0.2, 0.25) is 0 Å². The van der Waals surface area contributed by atoms with Crippen molar-refractivity contribution in [1.29, 1.82) is 0 Å². The van der Waals surface area contributed by atoms with E-state index in [0.717, 1.165) is 18.9 Å². The smallest absolute Gasteiger partial charge is 0.367 e. The molecule has 7 heteroatoms. The van der Waals surface area contributed by atoms with Crippen LogP contribution < -0.4 is 0 Å². The number of carbonyl (C=O) groups excluding carboxylic acids is 2. The number of amides is 1. The highest BCUT2D eigenvalue weighted by Gasteiger charge is 2.50. The molecular weight excluding hydrogens is 347 g/mol. The third-order valence-electron chi connectivity index (χ3n) is 5.45. The maximum Gasteiger partial charge on any atom is 0.416 e. The number of hydrogen-bond acceptors (Lipinski definition) is 3. The number of ether oxygens (including phenoxy) is 1. The summed E-state index contributed by atoms with van der Waals surface area (Å²) in [5.74, 6) is -0.891. The van der Waals surface area contributed by atoms with Crippen molar-refractivity contribution in [2.45, 2.75) is 37.5 Å². The molecule has 3 fully saturated rings. The van der Waals surface area contributed by atoms with Crippen molar-refractivity contribution in [1.82, 2.24) is 4.90 Å². The zero-order valence-electron chi connectivity index (χ0n) is 14.2. The maximum atomic E-state index is 13.2. The molecule has 0 bridgehead atoms. The Morgan fingerprint density at radius 2 is 1.88 bits per heavy atom. The lowest BCUT2D eigenvalue weighted by atomic mass is 10.0. The molecule has 0 spiro atoms. The Bertz CT molecular complexity index is 729. The lowest BCUT2D eigenvalue weighted by Crippen LogP contribution is -2.49. The molecule has 1 aromatic carbocycles.